The highest BCUT2D eigenvalue weighted by Gasteiger charge is 2.45. The van der Waals surface area contributed by atoms with Crippen molar-refractivity contribution in [3.05, 3.63) is 113 Å². The van der Waals surface area contributed by atoms with Crippen molar-refractivity contribution in [2.45, 2.75) is 64.2 Å². The second kappa shape index (κ2) is 22.0. The minimum atomic E-state index is -3.08. The molecular formula is C44H52F2N9O11P. The van der Waals surface area contributed by atoms with Gasteiger partial charge in [0.05, 0.1) is 38.0 Å². The third-order valence-electron chi connectivity index (χ3n) is 11.6. The summed E-state index contributed by atoms with van der Waals surface area (Å²) in [6.45, 7) is 8.03. The number of esters is 1. The van der Waals surface area contributed by atoms with Crippen LogP contribution in [-0.2, 0) is 45.0 Å². The molecule has 7 rings (SSSR count). The molecule has 0 amide bonds. The first-order chi connectivity index (χ1) is 32.2. The number of likely N-dealkylation sites (N-methyl/N-ethyl adjacent to an activating group) is 1. The van der Waals surface area contributed by atoms with Crippen LogP contribution in [0.3, 0.4) is 0 Å². The summed E-state index contributed by atoms with van der Waals surface area (Å²) in [5, 5.41) is 8.50. The van der Waals surface area contributed by atoms with Crippen molar-refractivity contribution in [2.24, 2.45) is 5.92 Å². The van der Waals surface area contributed by atoms with Gasteiger partial charge in [0, 0.05) is 62.0 Å². The standard InChI is InChI=1S/C44H52F2N9O11P/c1-5-40(30(2)64-43(58)66-31(3)65-41(56)22-50(4)29-63-67(59)60)55-42(57)54(28-49-55)36-9-7-34(8-10-36)51-16-18-52(19-17-51)35-11-13-37(14-12-35)61-23-32-21-44(62-24-32,25-53-27-47-26-48-53)38-15-6-33(45)20-39(38)46/h6-15,20,26-28,30-32,40H,5,16-19,21-25,29H2,1-4H3/t30-,31?,32+,40-,44-/m0/s1. The number of carbonyl (C=O) groups is 2. The number of halogens is 2. The summed E-state index contributed by atoms with van der Waals surface area (Å²) >= 11 is 0. The zero-order valence-corrected chi connectivity index (χ0v) is 38.3. The predicted octanol–water partition coefficient (Wildman–Crippen LogP) is 4.55. The van der Waals surface area contributed by atoms with E-state index < -0.39 is 61.7 Å². The summed E-state index contributed by atoms with van der Waals surface area (Å²) in [5.74, 6) is -1.48. The van der Waals surface area contributed by atoms with E-state index in [1.165, 1.54) is 59.2 Å². The van der Waals surface area contributed by atoms with Crippen LogP contribution in [0.5, 0.6) is 5.75 Å². The number of hydrogen-bond donors (Lipinski definition) is 0. The zero-order chi connectivity index (χ0) is 47.7. The molecule has 67 heavy (non-hydrogen) atoms. The van der Waals surface area contributed by atoms with Gasteiger partial charge >= 0.3 is 26.1 Å². The molecule has 4 heterocycles. The van der Waals surface area contributed by atoms with E-state index in [2.05, 4.69) is 29.5 Å². The Bertz CT molecular complexity index is 2510. The van der Waals surface area contributed by atoms with Crippen LogP contribution in [0.15, 0.2) is 90.5 Å². The summed E-state index contributed by atoms with van der Waals surface area (Å²) in [6.07, 6.45) is 1.89. The zero-order valence-electron chi connectivity index (χ0n) is 37.4. The molecule has 2 fully saturated rings. The second-order valence-electron chi connectivity index (χ2n) is 16.3. The lowest BCUT2D eigenvalue weighted by molar-refractivity contribution is -0.190. The lowest BCUT2D eigenvalue weighted by atomic mass is 9.87. The predicted molar refractivity (Wildman–Crippen MR) is 234 cm³/mol. The molecular weight excluding hydrogens is 900 g/mol. The molecule has 2 aromatic heterocycles. The quantitative estimate of drug-likeness (QED) is 0.0595. The molecule has 2 aliphatic rings. The number of benzene rings is 3. The Morgan fingerprint density at radius 3 is 2.24 bits per heavy atom. The van der Waals surface area contributed by atoms with Gasteiger partial charge in [-0.1, -0.05) is 13.0 Å². The van der Waals surface area contributed by atoms with Gasteiger partial charge in [0.15, 0.2) is 6.73 Å². The van der Waals surface area contributed by atoms with Gasteiger partial charge in [0.25, 0.3) is 0 Å². The van der Waals surface area contributed by atoms with Crippen LogP contribution in [0.1, 0.15) is 45.2 Å². The minimum Gasteiger partial charge on any atom is -0.566 e. The number of rotatable bonds is 20. The first-order valence-corrected chi connectivity index (χ1v) is 22.7. The maximum absolute atomic E-state index is 15.0. The van der Waals surface area contributed by atoms with Crippen LogP contribution in [0.2, 0.25) is 0 Å². The SMILES string of the molecule is CC[C@@H]([C@H](C)OC(=O)OC(C)OC(=O)CN(C)CO[P+](=O)[O-])n1ncn(-c2ccc(N3CCN(c4ccc(OC[C@@H]5CO[C@@](Cn6cncn6)(c6ccc(F)cc6F)C5)cc4)CC3)cc2)c1=O. The van der Waals surface area contributed by atoms with Crippen molar-refractivity contribution in [3.8, 4) is 11.4 Å². The number of aromatic nitrogens is 6. The van der Waals surface area contributed by atoms with Gasteiger partial charge in [0.1, 0.15) is 48.1 Å². The Morgan fingerprint density at radius 2 is 1.61 bits per heavy atom. The topological polar surface area (TPSA) is 210 Å². The summed E-state index contributed by atoms with van der Waals surface area (Å²) in [4.78, 5) is 58.6. The Kier molecular flexibility index (Phi) is 16.0. The summed E-state index contributed by atoms with van der Waals surface area (Å²) in [6, 6.07) is 18.4. The lowest BCUT2D eigenvalue weighted by Crippen LogP contribution is -2.46. The normalized spacial score (nSPS) is 18.9. The molecule has 0 saturated carbocycles. The van der Waals surface area contributed by atoms with Gasteiger partial charge < -0.3 is 38.4 Å². The van der Waals surface area contributed by atoms with Crippen LogP contribution >= 0.6 is 8.25 Å². The maximum Gasteiger partial charge on any atom is 0.511 e. The third kappa shape index (κ3) is 12.4. The molecule has 20 nitrogen and oxygen atoms in total. The molecule has 6 atom stereocenters. The van der Waals surface area contributed by atoms with Crippen LogP contribution in [0, 0.1) is 17.6 Å². The first-order valence-electron chi connectivity index (χ1n) is 21.6. The Labute approximate surface area is 385 Å². The third-order valence-corrected chi connectivity index (χ3v) is 11.9. The molecule has 0 radical (unpaired) electrons. The van der Waals surface area contributed by atoms with Crippen LogP contribution in [0.25, 0.3) is 5.69 Å². The first kappa shape index (κ1) is 48.6. The fourth-order valence-corrected chi connectivity index (χ4v) is 8.57. The minimum absolute atomic E-state index is 0.0500. The highest BCUT2D eigenvalue weighted by atomic mass is 31.1. The number of anilines is 2. The average molecular weight is 952 g/mol. The highest BCUT2D eigenvalue weighted by Crippen LogP contribution is 2.42. The van der Waals surface area contributed by atoms with Crippen molar-refractivity contribution in [3.63, 3.8) is 0 Å². The van der Waals surface area contributed by atoms with Crippen molar-refractivity contribution in [2.75, 3.05) is 69.5 Å². The second-order valence-corrected chi connectivity index (χ2v) is 17.0. The van der Waals surface area contributed by atoms with E-state index in [1.807, 2.05) is 55.5 Å². The fraction of sp³-hybridized carbons (Fsp3) is 0.455. The maximum atomic E-state index is 15.0. The molecule has 23 heteroatoms. The van der Waals surface area contributed by atoms with Crippen LogP contribution < -0.4 is 25.1 Å². The van der Waals surface area contributed by atoms with Crippen molar-refractivity contribution in [1.29, 1.82) is 0 Å². The smallest absolute Gasteiger partial charge is 0.511 e. The number of carbonyl (C=O) groups excluding carboxylic acids is 2. The number of ether oxygens (including phenoxy) is 5. The van der Waals surface area contributed by atoms with Gasteiger partial charge in [-0.15, -0.1) is 4.52 Å². The molecule has 0 bridgehead atoms. The average Bonchev–Trinajstić information content (AvgIpc) is 4.06. The lowest BCUT2D eigenvalue weighted by Gasteiger charge is -2.37. The summed E-state index contributed by atoms with van der Waals surface area (Å²) in [5.41, 5.74) is 1.45. The van der Waals surface area contributed by atoms with Crippen molar-refractivity contribution in [1.82, 2.24) is 34.0 Å². The van der Waals surface area contributed by atoms with E-state index in [4.69, 9.17) is 23.7 Å². The van der Waals surface area contributed by atoms with E-state index in [-0.39, 0.29) is 31.3 Å². The van der Waals surface area contributed by atoms with Gasteiger partial charge in [-0.3, -0.25) is 9.69 Å². The Balaban J connectivity index is 0.867. The molecule has 358 valence electrons. The van der Waals surface area contributed by atoms with E-state index in [0.717, 1.165) is 43.6 Å². The summed E-state index contributed by atoms with van der Waals surface area (Å²) in [7, 11) is -1.64. The molecule has 2 saturated heterocycles. The van der Waals surface area contributed by atoms with Crippen molar-refractivity contribution < 1.29 is 56.0 Å². The fourth-order valence-electron chi connectivity index (χ4n) is 8.28. The number of piperazine rings is 1. The van der Waals surface area contributed by atoms with Gasteiger partial charge in [-0.2, -0.15) is 10.2 Å². The van der Waals surface area contributed by atoms with E-state index >= 15 is 4.39 Å². The van der Waals surface area contributed by atoms with Crippen LogP contribution in [-0.4, -0.2) is 118 Å². The molecule has 2 unspecified atom stereocenters. The molecule has 5 aromatic rings. The van der Waals surface area contributed by atoms with Gasteiger partial charge in [0.2, 0.25) is 6.29 Å². The van der Waals surface area contributed by atoms with E-state index in [1.54, 1.807) is 11.6 Å². The molecule has 0 aliphatic carbocycles. The molecule has 0 spiro atoms. The van der Waals surface area contributed by atoms with E-state index in [0.29, 0.717) is 37.5 Å². The van der Waals surface area contributed by atoms with E-state index in [9.17, 15) is 28.2 Å². The number of hydrogen-bond acceptors (Lipinski definition) is 17. The van der Waals surface area contributed by atoms with Gasteiger partial charge in [-0.05, 0) is 86.0 Å². The van der Waals surface area contributed by atoms with Gasteiger partial charge in [-0.25, -0.2) is 37.3 Å². The Morgan fingerprint density at radius 1 is 0.940 bits per heavy atom. The van der Waals surface area contributed by atoms with Crippen LogP contribution in [0.4, 0.5) is 25.0 Å². The van der Waals surface area contributed by atoms with Crippen molar-refractivity contribution >= 4 is 31.8 Å². The highest BCUT2D eigenvalue weighted by molar-refractivity contribution is 7.30. The Hall–Kier alpha value is -6.32. The summed E-state index contributed by atoms with van der Waals surface area (Å²) < 4.78 is 76.0. The molecule has 0 N–H and O–H groups in total. The monoisotopic (exact) mass is 951 g/mol. The number of nitrogens with zero attached hydrogens (tertiary/aromatic N) is 9. The largest absolute Gasteiger partial charge is 0.566 e. The molecule has 3 aromatic carbocycles. The molecule has 2 aliphatic heterocycles.